The number of rotatable bonds is 2. The number of hydrogen-bond donors (Lipinski definition) is 2. The van der Waals surface area contributed by atoms with Gasteiger partial charge in [0.1, 0.15) is 5.75 Å². The third kappa shape index (κ3) is 1.97. The van der Waals surface area contributed by atoms with Gasteiger partial charge in [0.05, 0.1) is 0 Å². The Morgan fingerprint density at radius 1 is 1.17 bits per heavy atom. The van der Waals surface area contributed by atoms with Gasteiger partial charge in [-0.1, -0.05) is 32.0 Å². The van der Waals surface area contributed by atoms with Crippen molar-refractivity contribution in [3.05, 3.63) is 41.5 Å². The zero-order valence-electron chi connectivity index (χ0n) is 10.9. The van der Waals surface area contributed by atoms with Crippen LogP contribution in [0.4, 0.5) is 0 Å². The van der Waals surface area contributed by atoms with Crippen molar-refractivity contribution in [2.45, 2.75) is 38.8 Å². The van der Waals surface area contributed by atoms with E-state index in [1.54, 1.807) is 0 Å². The lowest BCUT2D eigenvalue weighted by Gasteiger charge is -2.28. The zero-order valence-corrected chi connectivity index (χ0v) is 10.9. The van der Waals surface area contributed by atoms with Crippen molar-refractivity contribution in [1.29, 1.82) is 0 Å². The van der Waals surface area contributed by atoms with Crippen molar-refractivity contribution in [2.75, 3.05) is 0 Å². The minimum absolute atomic E-state index is 0.375. The standard InChI is InChI=1S/C16H19NO/c1-10(2)17-14-6-11-4-3-5-12-8-15(18)9-13(7-14)16(11)12/h3-5,8-10,14,17-18H,6-7H2,1-2H3. The first-order valence-corrected chi connectivity index (χ1v) is 6.63. The molecule has 2 aromatic rings. The second kappa shape index (κ2) is 4.29. The highest BCUT2D eigenvalue weighted by Crippen LogP contribution is 2.32. The third-order valence-corrected chi connectivity index (χ3v) is 3.63. The summed E-state index contributed by atoms with van der Waals surface area (Å²) in [5.41, 5.74) is 2.66. The molecule has 94 valence electrons. The minimum Gasteiger partial charge on any atom is -0.508 e. The van der Waals surface area contributed by atoms with Crippen LogP contribution in [0, 0.1) is 0 Å². The number of nitrogens with one attached hydrogen (secondary N) is 1. The van der Waals surface area contributed by atoms with Crippen LogP contribution in [0.3, 0.4) is 0 Å². The highest BCUT2D eigenvalue weighted by Gasteiger charge is 2.21. The fourth-order valence-corrected chi connectivity index (χ4v) is 3.11. The first kappa shape index (κ1) is 11.5. The van der Waals surface area contributed by atoms with E-state index in [1.807, 2.05) is 12.1 Å². The van der Waals surface area contributed by atoms with E-state index >= 15 is 0 Å². The summed E-state index contributed by atoms with van der Waals surface area (Å²) in [4.78, 5) is 0. The van der Waals surface area contributed by atoms with Crippen LogP contribution < -0.4 is 5.32 Å². The smallest absolute Gasteiger partial charge is 0.116 e. The molecule has 2 heteroatoms. The molecule has 1 unspecified atom stereocenters. The van der Waals surface area contributed by atoms with Gasteiger partial charge in [0.15, 0.2) is 0 Å². The molecular formula is C16H19NO. The summed E-state index contributed by atoms with van der Waals surface area (Å²) < 4.78 is 0. The molecule has 18 heavy (non-hydrogen) atoms. The molecular weight excluding hydrogens is 222 g/mol. The molecule has 0 aliphatic heterocycles. The first-order valence-electron chi connectivity index (χ1n) is 6.63. The first-order chi connectivity index (χ1) is 8.63. The normalized spacial score (nSPS) is 18.5. The van der Waals surface area contributed by atoms with Gasteiger partial charge in [0.25, 0.3) is 0 Å². The average molecular weight is 241 g/mol. The molecule has 0 saturated heterocycles. The second-order valence-electron chi connectivity index (χ2n) is 5.55. The summed E-state index contributed by atoms with van der Waals surface area (Å²) in [6, 6.07) is 11.1. The van der Waals surface area contributed by atoms with Crippen LogP contribution in [0.5, 0.6) is 5.75 Å². The summed E-state index contributed by atoms with van der Waals surface area (Å²) in [6.07, 6.45) is 2.08. The molecule has 0 amide bonds. The van der Waals surface area contributed by atoms with Crippen molar-refractivity contribution in [2.24, 2.45) is 0 Å². The van der Waals surface area contributed by atoms with Crippen molar-refractivity contribution < 1.29 is 5.11 Å². The number of phenols is 1. The topological polar surface area (TPSA) is 32.3 Å². The lowest BCUT2D eigenvalue weighted by Crippen LogP contribution is -2.39. The van der Waals surface area contributed by atoms with Crippen LogP contribution in [-0.4, -0.2) is 17.2 Å². The Morgan fingerprint density at radius 3 is 2.72 bits per heavy atom. The maximum atomic E-state index is 9.80. The zero-order chi connectivity index (χ0) is 12.7. The number of benzene rings is 2. The van der Waals surface area contributed by atoms with Gasteiger partial charge < -0.3 is 10.4 Å². The predicted octanol–water partition coefficient (Wildman–Crippen LogP) is 3.01. The monoisotopic (exact) mass is 241 g/mol. The van der Waals surface area contributed by atoms with Crippen LogP contribution in [-0.2, 0) is 12.8 Å². The number of phenolic OH excluding ortho intramolecular Hbond substituents is 1. The van der Waals surface area contributed by atoms with Crippen LogP contribution in [0.15, 0.2) is 30.3 Å². The summed E-state index contributed by atoms with van der Waals surface area (Å²) in [6.45, 7) is 4.36. The lowest BCUT2D eigenvalue weighted by atomic mass is 9.85. The molecule has 0 bridgehead atoms. The van der Waals surface area contributed by atoms with Gasteiger partial charge in [-0.25, -0.2) is 0 Å². The largest absolute Gasteiger partial charge is 0.508 e. The van der Waals surface area contributed by atoms with E-state index in [-0.39, 0.29) is 0 Å². The molecule has 0 fully saturated rings. The summed E-state index contributed by atoms with van der Waals surface area (Å²) in [5.74, 6) is 0.375. The molecule has 1 aliphatic carbocycles. The van der Waals surface area contributed by atoms with Gasteiger partial charge in [-0.3, -0.25) is 0 Å². The maximum absolute atomic E-state index is 9.80. The maximum Gasteiger partial charge on any atom is 0.116 e. The van der Waals surface area contributed by atoms with E-state index in [1.165, 1.54) is 16.5 Å². The molecule has 0 heterocycles. The van der Waals surface area contributed by atoms with Crippen molar-refractivity contribution in [3.8, 4) is 5.75 Å². The van der Waals surface area contributed by atoms with Gasteiger partial charge >= 0.3 is 0 Å². The molecule has 3 rings (SSSR count). The second-order valence-corrected chi connectivity index (χ2v) is 5.55. The van der Waals surface area contributed by atoms with Crippen LogP contribution in [0.2, 0.25) is 0 Å². The van der Waals surface area contributed by atoms with Crippen LogP contribution in [0.25, 0.3) is 10.8 Å². The number of aromatic hydroxyl groups is 1. The fraction of sp³-hybridized carbons (Fsp3) is 0.375. The molecule has 2 N–H and O–H groups in total. The summed E-state index contributed by atoms with van der Waals surface area (Å²) in [5, 5.41) is 15.9. The van der Waals surface area contributed by atoms with Crippen molar-refractivity contribution >= 4 is 10.8 Å². The van der Waals surface area contributed by atoms with E-state index in [2.05, 4.69) is 37.4 Å². The molecule has 0 saturated carbocycles. The summed E-state index contributed by atoms with van der Waals surface area (Å²) >= 11 is 0. The van der Waals surface area contributed by atoms with E-state index in [0.717, 1.165) is 18.2 Å². The highest BCUT2D eigenvalue weighted by molar-refractivity contribution is 5.91. The molecule has 1 aliphatic rings. The molecule has 2 nitrogen and oxygen atoms in total. The lowest BCUT2D eigenvalue weighted by molar-refractivity contribution is 0.450. The van der Waals surface area contributed by atoms with Gasteiger partial charge in [-0.05, 0) is 46.9 Å². The Balaban J connectivity index is 2.08. The van der Waals surface area contributed by atoms with Crippen LogP contribution in [0.1, 0.15) is 25.0 Å². The van der Waals surface area contributed by atoms with E-state index in [4.69, 9.17) is 0 Å². The molecule has 2 aromatic carbocycles. The van der Waals surface area contributed by atoms with Gasteiger partial charge in [0.2, 0.25) is 0 Å². The van der Waals surface area contributed by atoms with Gasteiger partial charge in [0, 0.05) is 12.1 Å². The summed E-state index contributed by atoms with van der Waals surface area (Å²) in [7, 11) is 0. The van der Waals surface area contributed by atoms with E-state index in [0.29, 0.717) is 17.8 Å². The van der Waals surface area contributed by atoms with E-state index in [9.17, 15) is 5.11 Å². The van der Waals surface area contributed by atoms with Gasteiger partial charge in [-0.2, -0.15) is 0 Å². The number of hydrogen-bond acceptors (Lipinski definition) is 2. The molecule has 0 spiro atoms. The Kier molecular flexibility index (Phi) is 2.75. The quantitative estimate of drug-likeness (QED) is 0.847. The SMILES string of the molecule is CC(C)NC1Cc2cccc3cc(O)cc(c23)C1. The van der Waals surface area contributed by atoms with E-state index < -0.39 is 0 Å². The van der Waals surface area contributed by atoms with Gasteiger partial charge in [-0.15, -0.1) is 0 Å². The Hall–Kier alpha value is -1.54. The molecule has 0 radical (unpaired) electrons. The van der Waals surface area contributed by atoms with Crippen LogP contribution >= 0.6 is 0 Å². The Labute approximate surface area is 108 Å². The van der Waals surface area contributed by atoms with Crippen molar-refractivity contribution in [3.63, 3.8) is 0 Å². The minimum atomic E-state index is 0.375. The fourth-order valence-electron chi connectivity index (χ4n) is 3.11. The Morgan fingerprint density at radius 2 is 1.94 bits per heavy atom. The average Bonchev–Trinajstić information content (AvgIpc) is 2.27. The third-order valence-electron chi connectivity index (χ3n) is 3.63. The Bertz CT molecular complexity index is 589. The van der Waals surface area contributed by atoms with Crippen molar-refractivity contribution in [1.82, 2.24) is 5.32 Å². The highest BCUT2D eigenvalue weighted by atomic mass is 16.3. The molecule has 1 atom stereocenters. The molecule has 0 aromatic heterocycles. The predicted molar refractivity (Wildman–Crippen MR) is 75.1 cm³/mol.